The molecular formula is C21H25F2N3O4. The Morgan fingerprint density at radius 1 is 1.33 bits per heavy atom. The van der Waals surface area contributed by atoms with Crippen molar-refractivity contribution >= 4 is 11.9 Å². The molecule has 3 rings (SSSR count). The van der Waals surface area contributed by atoms with Crippen LogP contribution in [0.5, 0.6) is 11.5 Å². The Balaban J connectivity index is 1.57. The van der Waals surface area contributed by atoms with Gasteiger partial charge in [0, 0.05) is 11.3 Å². The Morgan fingerprint density at radius 2 is 2.07 bits per heavy atom. The van der Waals surface area contributed by atoms with Gasteiger partial charge in [0.2, 0.25) is 11.8 Å². The van der Waals surface area contributed by atoms with E-state index in [1.807, 2.05) is 20.8 Å². The molecule has 1 aromatic carbocycles. The van der Waals surface area contributed by atoms with E-state index < -0.39 is 6.61 Å². The van der Waals surface area contributed by atoms with Crippen LogP contribution in [0.1, 0.15) is 45.1 Å². The number of hydrogen-bond donors (Lipinski definition) is 1. The van der Waals surface area contributed by atoms with Gasteiger partial charge in [-0.3, -0.25) is 10.1 Å². The van der Waals surface area contributed by atoms with Crippen molar-refractivity contribution in [1.29, 1.82) is 0 Å². The molecule has 1 heterocycles. The number of rotatable bonds is 8. The molecule has 1 N–H and O–H groups in total. The van der Waals surface area contributed by atoms with Crippen LogP contribution in [-0.4, -0.2) is 28.8 Å². The lowest BCUT2D eigenvalue weighted by atomic mass is 9.81. The van der Waals surface area contributed by atoms with Gasteiger partial charge in [0.15, 0.2) is 11.5 Å². The fourth-order valence-electron chi connectivity index (χ4n) is 2.97. The molecule has 1 amide bonds. The average Bonchev–Trinajstić information content (AvgIpc) is 3.08. The number of aromatic nitrogens is 2. The molecule has 9 heteroatoms. The van der Waals surface area contributed by atoms with Gasteiger partial charge in [0.1, 0.15) is 6.10 Å². The van der Waals surface area contributed by atoms with E-state index in [0.717, 1.165) is 5.56 Å². The van der Waals surface area contributed by atoms with E-state index in [1.165, 1.54) is 6.07 Å². The monoisotopic (exact) mass is 421 g/mol. The molecule has 0 atom stereocenters. The molecule has 1 saturated carbocycles. The first-order chi connectivity index (χ1) is 14.2. The molecule has 0 saturated heterocycles. The first-order valence-corrected chi connectivity index (χ1v) is 9.66. The summed E-state index contributed by atoms with van der Waals surface area (Å²) in [7, 11) is 0. The summed E-state index contributed by atoms with van der Waals surface area (Å²) >= 11 is 0. The van der Waals surface area contributed by atoms with Gasteiger partial charge < -0.3 is 13.9 Å². The number of ether oxygens (including phenoxy) is 2. The molecule has 0 aliphatic heterocycles. The van der Waals surface area contributed by atoms with E-state index in [1.54, 1.807) is 18.2 Å². The molecular weight excluding hydrogens is 396 g/mol. The summed E-state index contributed by atoms with van der Waals surface area (Å²) in [6.45, 7) is 6.50. The highest BCUT2D eigenvalue weighted by atomic mass is 19.3. The normalized spacial score (nSPS) is 18.6. The van der Waals surface area contributed by atoms with Crippen LogP contribution in [0.4, 0.5) is 14.8 Å². The maximum absolute atomic E-state index is 12.7. The molecule has 0 radical (unpaired) electrons. The average molecular weight is 421 g/mol. The molecule has 1 aromatic heterocycles. The molecule has 1 aliphatic carbocycles. The van der Waals surface area contributed by atoms with Crippen LogP contribution in [0.15, 0.2) is 35.3 Å². The van der Waals surface area contributed by atoms with Crippen molar-refractivity contribution < 1.29 is 27.5 Å². The largest absolute Gasteiger partial charge is 0.486 e. The van der Waals surface area contributed by atoms with Crippen LogP contribution in [0.25, 0.3) is 0 Å². The van der Waals surface area contributed by atoms with Crippen LogP contribution in [-0.2, 0) is 16.6 Å². The molecule has 2 aromatic rings. The molecule has 1 aliphatic rings. The van der Waals surface area contributed by atoms with Crippen LogP contribution < -0.4 is 14.8 Å². The van der Waals surface area contributed by atoms with Gasteiger partial charge in [-0.15, -0.1) is 11.7 Å². The maximum atomic E-state index is 12.7. The van der Waals surface area contributed by atoms with Crippen molar-refractivity contribution in [2.75, 3.05) is 5.32 Å². The summed E-state index contributed by atoms with van der Waals surface area (Å²) < 4.78 is 41.2. The second-order valence-corrected chi connectivity index (χ2v) is 8.21. The van der Waals surface area contributed by atoms with E-state index >= 15 is 0 Å². The Labute approximate surface area is 173 Å². The first kappa shape index (κ1) is 21.7. The Kier molecular flexibility index (Phi) is 6.38. The summed E-state index contributed by atoms with van der Waals surface area (Å²) in [5, 5.41) is 10.4. The van der Waals surface area contributed by atoms with Crippen molar-refractivity contribution in [2.24, 2.45) is 5.92 Å². The van der Waals surface area contributed by atoms with E-state index in [0.29, 0.717) is 25.2 Å². The van der Waals surface area contributed by atoms with Gasteiger partial charge in [0.25, 0.3) is 0 Å². The zero-order chi connectivity index (χ0) is 21.9. The van der Waals surface area contributed by atoms with Crippen molar-refractivity contribution in [1.82, 2.24) is 10.2 Å². The highest BCUT2D eigenvalue weighted by Gasteiger charge is 2.37. The lowest BCUT2D eigenvalue weighted by Gasteiger charge is -2.34. The number of hydrogen-bond acceptors (Lipinski definition) is 6. The third-order valence-electron chi connectivity index (χ3n) is 4.66. The molecule has 7 nitrogen and oxygen atoms in total. The van der Waals surface area contributed by atoms with Crippen molar-refractivity contribution in [3.8, 4) is 11.5 Å². The fourth-order valence-corrected chi connectivity index (χ4v) is 2.97. The van der Waals surface area contributed by atoms with Crippen LogP contribution in [0, 0.1) is 5.92 Å². The number of allylic oxidation sites excluding steroid dienone is 1. The number of halogens is 2. The second-order valence-electron chi connectivity index (χ2n) is 8.21. The molecule has 1 fully saturated rings. The van der Waals surface area contributed by atoms with Gasteiger partial charge in [0.05, 0.1) is 0 Å². The number of benzene rings is 1. The summed E-state index contributed by atoms with van der Waals surface area (Å²) in [5.74, 6) is 0.0781. The standard InChI is InChI=1S/C21H25F2N3O4/c1-5-6-12-7-8-15(29-19(22)23)16(9-12)28-14-10-13(11-14)17(27)24-20-26-25-18(30-20)21(2,3)4/h5,7-9,13-14,19H,1,6,10-11H2,2-4H3,(H,24,26,27). The zero-order valence-electron chi connectivity index (χ0n) is 17.2. The molecule has 30 heavy (non-hydrogen) atoms. The van der Waals surface area contributed by atoms with Gasteiger partial charge in [-0.2, -0.15) is 8.78 Å². The van der Waals surface area contributed by atoms with E-state index in [9.17, 15) is 13.6 Å². The van der Waals surface area contributed by atoms with Crippen molar-refractivity contribution in [3.63, 3.8) is 0 Å². The van der Waals surface area contributed by atoms with Gasteiger partial charge in [-0.1, -0.05) is 38.0 Å². The highest BCUT2D eigenvalue weighted by Crippen LogP contribution is 2.37. The predicted octanol–water partition coefficient (Wildman–Crippen LogP) is 4.49. The van der Waals surface area contributed by atoms with E-state index in [2.05, 4.69) is 26.8 Å². The van der Waals surface area contributed by atoms with E-state index in [4.69, 9.17) is 9.15 Å². The summed E-state index contributed by atoms with van der Waals surface area (Å²) in [6.07, 6.45) is 2.87. The Morgan fingerprint density at radius 3 is 2.67 bits per heavy atom. The number of nitrogens with zero attached hydrogens (tertiary/aromatic N) is 2. The Hall–Kier alpha value is -2.97. The minimum Gasteiger partial charge on any atom is -0.486 e. The SMILES string of the molecule is C=CCc1ccc(OC(F)F)c(OC2CC(C(=O)Nc3nnc(C(C)(C)C)o3)C2)c1. The maximum Gasteiger partial charge on any atom is 0.387 e. The predicted molar refractivity (Wildman–Crippen MR) is 106 cm³/mol. The minimum atomic E-state index is -2.95. The third kappa shape index (κ3) is 5.34. The minimum absolute atomic E-state index is 0.0358. The molecule has 0 unspecified atom stereocenters. The quantitative estimate of drug-likeness (QED) is 0.632. The van der Waals surface area contributed by atoms with Gasteiger partial charge in [-0.25, -0.2) is 0 Å². The van der Waals surface area contributed by atoms with Gasteiger partial charge in [-0.05, 0) is 37.0 Å². The highest BCUT2D eigenvalue weighted by molar-refractivity contribution is 5.91. The topological polar surface area (TPSA) is 86.5 Å². The van der Waals surface area contributed by atoms with Gasteiger partial charge >= 0.3 is 12.6 Å². The molecule has 162 valence electrons. The second kappa shape index (κ2) is 8.81. The summed E-state index contributed by atoms with van der Waals surface area (Å²) in [4.78, 5) is 12.4. The number of nitrogens with one attached hydrogen (secondary N) is 1. The number of carbonyl (C=O) groups excluding carboxylic acids is 1. The first-order valence-electron chi connectivity index (χ1n) is 9.66. The van der Waals surface area contributed by atoms with Crippen molar-refractivity contribution in [2.45, 2.75) is 58.2 Å². The third-order valence-corrected chi connectivity index (χ3v) is 4.66. The van der Waals surface area contributed by atoms with Crippen LogP contribution >= 0.6 is 0 Å². The summed E-state index contributed by atoms with van der Waals surface area (Å²) in [5.41, 5.74) is 0.546. The van der Waals surface area contributed by atoms with Crippen LogP contribution in [0.3, 0.4) is 0 Å². The summed E-state index contributed by atoms with van der Waals surface area (Å²) in [6, 6.07) is 4.84. The lowest BCUT2D eigenvalue weighted by molar-refractivity contribution is -0.125. The smallest absolute Gasteiger partial charge is 0.387 e. The zero-order valence-corrected chi connectivity index (χ0v) is 17.2. The van der Waals surface area contributed by atoms with Crippen LogP contribution in [0.2, 0.25) is 0 Å². The molecule has 0 spiro atoms. The fraction of sp³-hybridized carbons (Fsp3) is 0.476. The Bertz CT molecular complexity index is 902. The van der Waals surface area contributed by atoms with E-state index in [-0.39, 0.29) is 40.9 Å². The number of carbonyl (C=O) groups is 1. The molecule has 0 bridgehead atoms. The number of alkyl halides is 2. The van der Waals surface area contributed by atoms with Crippen molar-refractivity contribution in [3.05, 3.63) is 42.3 Å². The number of amides is 1. The lowest BCUT2D eigenvalue weighted by Crippen LogP contribution is -2.41. The number of anilines is 1.